The van der Waals surface area contributed by atoms with Crippen molar-refractivity contribution in [1.82, 2.24) is 4.90 Å². The molecule has 134 valence electrons. The summed E-state index contributed by atoms with van der Waals surface area (Å²) in [6.07, 6.45) is 1.18. The molecule has 0 amide bonds. The number of rotatable bonds is 5. The molecule has 0 aliphatic carbocycles. The molecule has 25 heavy (non-hydrogen) atoms. The Morgan fingerprint density at radius 3 is 2.44 bits per heavy atom. The number of nitrogens with zero attached hydrogens (tertiary/aromatic N) is 1. The highest BCUT2D eigenvalue weighted by Crippen LogP contribution is 2.32. The van der Waals surface area contributed by atoms with E-state index in [0.29, 0.717) is 12.3 Å². The molecule has 1 aliphatic rings. The minimum absolute atomic E-state index is 0.172. The number of piperidine rings is 1. The van der Waals surface area contributed by atoms with Crippen LogP contribution in [0.1, 0.15) is 30.1 Å². The molecule has 1 atom stereocenters. The molecule has 0 aromatic heterocycles. The lowest BCUT2D eigenvalue weighted by Crippen LogP contribution is -2.35. The van der Waals surface area contributed by atoms with E-state index in [0.717, 1.165) is 37.1 Å². The Balaban J connectivity index is 1.55. The number of methoxy groups -OCH3 is 1. The second-order valence-corrected chi connectivity index (χ2v) is 6.60. The van der Waals surface area contributed by atoms with Gasteiger partial charge >= 0.3 is 0 Å². The first-order valence-corrected chi connectivity index (χ1v) is 8.58. The minimum Gasteiger partial charge on any atom is -0.507 e. The molecular weight excluding hydrogens is 321 g/mol. The number of phenols is 1. The summed E-state index contributed by atoms with van der Waals surface area (Å²) in [6, 6.07) is 11.4. The monoisotopic (exact) mass is 345 g/mol. The second kappa shape index (κ2) is 7.85. The van der Waals surface area contributed by atoms with Crippen molar-refractivity contribution >= 4 is 0 Å². The summed E-state index contributed by atoms with van der Waals surface area (Å²) >= 11 is 0. The minimum atomic E-state index is -0.558. The van der Waals surface area contributed by atoms with Gasteiger partial charge < -0.3 is 14.9 Å². The van der Waals surface area contributed by atoms with E-state index >= 15 is 0 Å². The van der Waals surface area contributed by atoms with Crippen LogP contribution in [-0.2, 0) is 6.54 Å². The van der Waals surface area contributed by atoms with Crippen molar-refractivity contribution in [2.24, 2.45) is 5.92 Å². The Morgan fingerprint density at radius 1 is 1.16 bits per heavy atom. The molecule has 1 unspecified atom stereocenters. The van der Waals surface area contributed by atoms with Crippen molar-refractivity contribution in [3.05, 3.63) is 59.4 Å². The lowest BCUT2D eigenvalue weighted by atomic mass is 9.87. The SMILES string of the molecule is COc1ccc(CN2CCC(C(O)c3ccc(F)cc3)CC2)c(O)c1. The number of aliphatic hydroxyl groups is 1. The van der Waals surface area contributed by atoms with Crippen LogP contribution >= 0.6 is 0 Å². The maximum absolute atomic E-state index is 13.0. The molecule has 0 bridgehead atoms. The van der Waals surface area contributed by atoms with Gasteiger partial charge in [-0.15, -0.1) is 0 Å². The first kappa shape index (κ1) is 17.7. The first-order chi connectivity index (χ1) is 12.1. The van der Waals surface area contributed by atoms with E-state index in [1.807, 2.05) is 12.1 Å². The average Bonchev–Trinajstić information content (AvgIpc) is 2.64. The first-order valence-electron chi connectivity index (χ1n) is 8.58. The molecule has 3 rings (SSSR count). The van der Waals surface area contributed by atoms with Crippen molar-refractivity contribution in [1.29, 1.82) is 0 Å². The standard InChI is InChI=1S/C20H24FNO3/c1-25-18-7-4-16(19(23)12-18)13-22-10-8-15(9-11-22)20(24)14-2-5-17(21)6-3-14/h2-7,12,15,20,23-24H,8-11,13H2,1H3. The third-order valence-corrected chi connectivity index (χ3v) is 4.98. The molecule has 1 heterocycles. The highest BCUT2D eigenvalue weighted by atomic mass is 19.1. The van der Waals surface area contributed by atoms with Crippen molar-refractivity contribution < 1.29 is 19.3 Å². The van der Waals surface area contributed by atoms with Gasteiger partial charge in [0, 0.05) is 18.2 Å². The molecule has 0 saturated carbocycles. The van der Waals surface area contributed by atoms with E-state index in [9.17, 15) is 14.6 Å². The van der Waals surface area contributed by atoms with Crippen LogP contribution in [0.3, 0.4) is 0 Å². The summed E-state index contributed by atoms with van der Waals surface area (Å²) in [7, 11) is 1.58. The van der Waals surface area contributed by atoms with E-state index < -0.39 is 6.10 Å². The number of aliphatic hydroxyl groups excluding tert-OH is 1. The number of halogens is 1. The topological polar surface area (TPSA) is 52.9 Å². The van der Waals surface area contributed by atoms with Crippen molar-refractivity contribution in [3.63, 3.8) is 0 Å². The lowest BCUT2D eigenvalue weighted by molar-refractivity contribution is 0.0565. The van der Waals surface area contributed by atoms with Crippen LogP contribution in [0.2, 0.25) is 0 Å². The van der Waals surface area contributed by atoms with Crippen LogP contribution in [-0.4, -0.2) is 35.3 Å². The van der Waals surface area contributed by atoms with E-state index in [4.69, 9.17) is 4.74 Å². The lowest BCUT2D eigenvalue weighted by Gasteiger charge is -2.34. The summed E-state index contributed by atoms with van der Waals surface area (Å²) < 4.78 is 18.1. The van der Waals surface area contributed by atoms with Crippen LogP contribution < -0.4 is 4.74 Å². The summed E-state index contributed by atoms with van der Waals surface area (Å²) in [5, 5.41) is 20.6. The van der Waals surface area contributed by atoms with Gasteiger partial charge in [0.05, 0.1) is 13.2 Å². The summed E-state index contributed by atoms with van der Waals surface area (Å²) in [6.45, 7) is 2.39. The van der Waals surface area contributed by atoms with E-state index in [2.05, 4.69) is 4.90 Å². The molecule has 1 saturated heterocycles. The van der Waals surface area contributed by atoms with Crippen LogP contribution in [0.4, 0.5) is 4.39 Å². The summed E-state index contributed by atoms with van der Waals surface area (Å²) in [5.41, 5.74) is 1.64. The highest BCUT2D eigenvalue weighted by Gasteiger charge is 2.26. The Labute approximate surface area is 147 Å². The number of ether oxygens (including phenoxy) is 1. The Kier molecular flexibility index (Phi) is 5.56. The molecule has 1 aliphatic heterocycles. The number of phenolic OH excluding ortho intramolecular Hbond substituents is 1. The van der Waals surface area contributed by atoms with Crippen LogP contribution in [0.15, 0.2) is 42.5 Å². The summed E-state index contributed by atoms with van der Waals surface area (Å²) in [5.74, 6) is 0.770. The van der Waals surface area contributed by atoms with Gasteiger partial charge in [0.15, 0.2) is 0 Å². The number of hydrogen-bond donors (Lipinski definition) is 2. The maximum Gasteiger partial charge on any atom is 0.123 e. The zero-order chi connectivity index (χ0) is 17.8. The Bertz CT molecular complexity index is 697. The maximum atomic E-state index is 13.0. The fraction of sp³-hybridized carbons (Fsp3) is 0.400. The predicted octanol–water partition coefficient (Wildman–Crippen LogP) is 3.49. The van der Waals surface area contributed by atoms with Crippen LogP contribution in [0.5, 0.6) is 11.5 Å². The smallest absolute Gasteiger partial charge is 0.123 e. The number of likely N-dealkylation sites (tertiary alicyclic amines) is 1. The third-order valence-electron chi connectivity index (χ3n) is 4.98. The van der Waals surface area contributed by atoms with Gasteiger partial charge in [0.25, 0.3) is 0 Å². The number of hydrogen-bond acceptors (Lipinski definition) is 4. The molecule has 0 radical (unpaired) electrons. The second-order valence-electron chi connectivity index (χ2n) is 6.60. The van der Waals surface area contributed by atoms with Crippen molar-refractivity contribution in [3.8, 4) is 11.5 Å². The number of benzene rings is 2. The van der Waals surface area contributed by atoms with Crippen molar-refractivity contribution in [2.75, 3.05) is 20.2 Å². The van der Waals surface area contributed by atoms with Crippen LogP contribution in [0, 0.1) is 11.7 Å². The van der Waals surface area contributed by atoms with E-state index in [-0.39, 0.29) is 17.5 Å². The molecule has 5 heteroatoms. The van der Waals surface area contributed by atoms with Crippen molar-refractivity contribution in [2.45, 2.75) is 25.5 Å². The molecule has 0 spiro atoms. The average molecular weight is 345 g/mol. The normalized spacial score (nSPS) is 17.4. The van der Waals surface area contributed by atoms with Gasteiger partial charge in [0.2, 0.25) is 0 Å². The Morgan fingerprint density at radius 2 is 1.84 bits per heavy atom. The van der Waals surface area contributed by atoms with Gasteiger partial charge in [-0.2, -0.15) is 0 Å². The van der Waals surface area contributed by atoms with Crippen LogP contribution in [0.25, 0.3) is 0 Å². The molecule has 2 aromatic rings. The highest BCUT2D eigenvalue weighted by molar-refractivity contribution is 5.39. The summed E-state index contributed by atoms with van der Waals surface area (Å²) in [4.78, 5) is 2.27. The zero-order valence-electron chi connectivity index (χ0n) is 14.4. The number of aromatic hydroxyl groups is 1. The Hall–Kier alpha value is -2.11. The molecule has 2 N–H and O–H groups in total. The molecular formula is C20H24FNO3. The third kappa shape index (κ3) is 4.30. The zero-order valence-corrected chi connectivity index (χ0v) is 14.4. The molecule has 4 nitrogen and oxygen atoms in total. The van der Waals surface area contributed by atoms with Gasteiger partial charge in [-0.25, -0.2) is 4.39 Å². The van der Waals surface area contributed by atoms with Gasteiger partial charge in [0.1, 0.15) is 17.3 Å². The predicted molar refractivity (Wildman–Crippen MR) is 94.0 cm³/mol. The fourth-order valence-electron chi connectivity index (χ4n) is 3.40. The van der Waals surface area contributed by atoms with Gasteiger partial charge in [-0.3, -0.25) is 4.90 Å². The molecule has 2 aromatic carbocycles. The van der Waals surface area contributed by atoms with Gasteiger partial charge in [-0.1, -0.05) is 18.2 Å². The van der Waals surface area contributed by atoms with E-state index in [1.165, 1.54) is 12.1 Å². The van der Waals surface area contributed by atoms with E-state index in [1.54, 1.807) is 25.3 Å². The molecule has 1 fully saturated rings. The fourth-order valence-corrected chi connectivity index (χ4v) is 3.40. The quantitative estimate of drug-likeness (QED) is 0.871. The van der Waals surface area contributed by atoms with Gasteiger partial charge in [-0.05, 0) is 55.6 Å². The largest absolute Gasteiger partial charge is 0.507 e.